The lowest BCUT2D eigenvalue weighted by molar-refractivity contribution is -0.385. The Labute approximate surface area is 112 Å². The number of amides is 1. The zero-order chi connectivity index (χ0) is 14.4. The molecule has 1 aromatic carbocycles. The first-order valence-electron chi connectivity index (χ1n) is 6.23. The second kappa shape index (κ2) is 6.84. The predicted octanol–water partition coefficient (Wildman–Crippen LogP) is 1.58. The van der Waals surface area contributed by atoms with Gasteiger partial charge in [-0.3, -0.25) is 14.9 Å². The average Bonchev–Trinajstić information content (AvgIpc) is 2.43. The molecule has 2 atom stereocenters. The number of para-hydroxylation sites is 1. The minimum atomic E-state index is -0.590. The van der Waals surface area contributed by atoms with E-state index in [1.807, 2.05) is 13.8 Å². The molecular weight excluding hydrogens is 246 g/mol. The number of rotatable bonds is 6. The standard InChI is InChI=1S/C13H19N3O3/c1-3-9(2)12(14)13(17)15-8-10-6-4-5-7-11(10)16(18)19/h4-7,9,12H,3,8,14H2,1-2H3,(H,15,17). The molecule has 0 fully saturated rings. The maximum absolute atomic E-state index is 11.8. The summed E-state index contributed by atoms with van der Waals surface area (Å²) in [6.07, 6.45) is 0.806. The number of nitrogens with two attached hydrogens (primary N) is 1. The summed E-state index contributed by atoms with van der Waals surface area (Å²) in [4.78, 5) is 22.2. The fraction of sp³-hybridized carbons (Fsp3) is 0.462. The Morgan fingerprint density at radius 3 is 2.68 bits per heavy atom. The first-order valence-corrected chi connectivity index (χ1v) is 6.23. The van der Waals surface area contributed by atoms with E-state index in [0.29, 0.717) is 5.56 Å². The van der Waals surface area contributed by atoms with Gasteiger partial charge in [0.2, 0.25) is 5.91 Å². The van der Waals surface area contributed by atoms with Crippen LogP contribution in [0, 0.1) is 16.0 Å². The molecule has 3 N–H and O–H groups in total. The summed E-state index contributed by atoms with van der Waals surface area (Å²) in [5.74, 6) is -0.210. The van der Waals surface area contributed by atoms with Gasteiger partial charge in [-0.15, -0.1) is 0 Å². The average molecular weight is 265 g/mol. The van der Waals surface area contributed by atoms with E-state index in [1.54, 1.807) is 18.2 Å². The van der Waals surface area contributed by atoms with Gasteiger partial charge in [0.05, 0.1) is 11.0 Å². The molecule has 0 aliphatic heterocycles. The Morgan fingerprint density at radius 1 is 1.47 bits per heavy atom. The van der Waals surface area contributed by atoms with Crippen LogP contribution in [0.15, 0.2) is 24.3 Å². The lowest BCUT2D eigenvalue weighted by Crippen LogP contribution is -2.44. The number of benzene rings is 1. The van der Waals surface area contributed by atoms with Crippen LogP contribution in [0.25, 0.3) is 0 Å². The Balaban J connectivity index is 2.67. The van der Waals surface area contributed by atoms with Crippen molar-refractivity contribution in [2.45, 2.75) is 32.9 Å². The molecule has 1 rings (SSSR count). The monoisotopic (exact) mass is 265 g/mol. The minimum Gasteiger partial charge on any atom is -0.350 e. The van der Waals surface area contributed by atoms with Gasteiger partial charge in [0.25, 0.3) is 5.69 Å². The number of hydrogen-bond acceptors (Lipinski definition) is 4. The Kier molecular flexibility index (Phi) is 5.44. The van der Waals surface area contributed by atoms with Gasteiger partial charge in [0, 0.05) is 18.2 Å². The number of nitro groups is 1. The molecule has 6 heteroatoms. The van der Waals surface area contributed by atoms with Crippen molar-refractivity contribution in [1.29, 1.82) is 0 Å². The van der Waals surface area contributed by atoms with Gasteiger partial charge in [0.15, 0.2) is 0 Å². The van der Waals surface area contributed by atoms with Gasteiger partial charge in [-0.25, -0.2) is 0 Å². The van der Waals surface area contributed by atoms with Gasteiger partial charge in [0.1, 0.15) is 0 Å². The molecule has 1 aromatic rings. The van der Waals surface area contributed by atoms with E-state index in [2.05, 4.69) is 5.32 Å². The van der Waals surface area contributed by atoms with Crippen LogP contribution in [-0.4, -0.2) is 16.9 Å². The largest absolute Gasteiger partial charge is 0.350 e. The van der Waals surface area contributed by atoms with Crippen molar-refractivity contribution in [2.75, 3.05) is 0 Å². The molecule has 0 saturated heterocycles. The molecule has 2 unspecified atom stereocenters. The Morgan fingerprint density at radius 2 is 2.11 bits per heavy atom. The van der Waals surface area contributed by atoms with Crippen molar-refractivity contribution >= 4 is 11.6 Å². The fourth-order valence-electron chi connectivity index (χ4n) is 1.65. The molecule has 0 spiro atoms. The van der Waals surface area contributed by atoms with Gasteiger partial charge in [-0.05, 0) is 5.92 Å². The first-order chi connectivity index (χ1) is 8.97. The second-order valence-corrected chi connectivity index (χ2v) is 4.51. The molecule has 104 valence electrons. The molecule has 1 amide bonds. The molecule has 0 aliphatic carbocycles. The molecular formula is C13H19N3O3. The van der Waals surface area contributed by atoms with Crippen LogP contribution in [0.5, 0.6) is 0 Å². The van der Waals surface area contributed by atoms with Crippen LogP contribution in [0.4, 0.5) is 5.69 Å². The van der Waals surface area contributed by atoms with Crippen LogP contribution in [0.2, 0.25) is 0 Å². The summed E-state index contributed by atoms with van der Waals surface area (Å²) >= 11 is 0. The maximum Gasteiger partial charge on any atom is 0.274 e. The quantitative estimate of drug-likeness (QED) is 0.602. The van der Waals surface area contributed by atoms with E-state index >= 15 is 0 Å². The molecule has 6 nitrogen and oxygen atoms in total. The first kappa shape index (κ1) is 15.1. The van der Waals surface area contributed by atoms with Crippen LogP contribution < -0.4 is 11.1 Å². The SMILES string of the molecule is CCC(C)C(N)C(=O)NCc1ccccc1[N+](=O)[O-]. The van der Waals surface area contributed by atoms with Crippen LogP contribution in [-0.2, 0) is 11.3 Å². The molecule has 0 aliphatic rings. The maximum atomic E-state index is 11.8. The van der Waals surface area contributed by atoms with Crippen molar-refractivity contribution in [3.63, 3.8) is 0 Å². The molecule has 0 heterocycles. The van der Waals surface area contributed by atoms with E-state index < -0.39 is 11.0 Å². The highest BCUT2D eigenvalue weighted by Gasteiger charge is 2.20. The Hall–Kier alpha value is -1.95. The van der Waals surface area contributed by atoms with E-state index in [1.165, 1.54) is 6.07 Å². The number of nitrogens with zero attached hydrogens (tertiary/aromatic N) is 1. The van der Waals surface area contributed by atoms with Gasteiger partial charge >= 0.3 is 0 Å². The molecule has 0 radical (unpaired) electrons. The van der Waals surface area contributed by atoms with Crippen molar-refractivity contribution in [2.24, 2.45) is 11.7 Å². The van der Waals surface area contributed by atoms with Gasteiger partial charge < -0.3 is 11.1 Å². The summed E-state index contributed by atoms with van der Waals surface area (Å²) in [5, 5.41) is 13.5. The zero-order valence-electron chi connectivity index (χ0n) is 11.1. The van der Waals surface area contributed by atoms with E-state index in [-0.39, 0.29) is 24.1 Å². The van der Waals surface area contributed by atoms with Crippen molar-refractivity contribution in [3.8, 4) is 0 Å². The number of nitrogens with one attached hydrogen (secondary N) is 1. The van der Waals surface area contributed by atoms with E-state index in [9.17, 15) is 14.9 Å². The van der Waals surface area contributed by atoms with Crippen LogP contribution in [0.3, 0.4) is 0 Å². The number of carbonyl (C=O) groups excluding carboxylic acids is 1. The van der Waals surface area contributed by atoms with Crippen LogP contribution >= 0.6 is 0 Å². The summed E-state index contributed by atoms with van der Waals surface area (Å²) in [7, 11) is 0. The third-order valence-electron chi connectivity index (χ3n) is 3.20. The topological polar surface area (TPSA) is 98.3 Å². The summed E-state index contributed by atoms with van der Waals surface area (Å²) in [5.41, 5.74) is 6.26. The van der Waals surface area contributed by atoms with Gasteiger partial charge in [-0.1, -0.05) is 38.5 Å². The number of nitro benzene ring substituents is 1. The summed E-state index contributed by atoms with van der Waals surface area (Å²) in [6, 6.07) is 5.73. The highest BCUT2D eigenvalue weighted by molar-refractivity contribution is 5.81. The van der Waals surface area contributed by atoms with Gasteiger partial charge in [-0.2, -0.15) is 0 Å². The third kappa shape index (κ3) is 4.03. The highest BCUT2D eigenvalue weighted by atomic mass is 16.6. The minimum absolute atomic E-state index is 0.0000820. The lowest BCUT2D eigenvalue weighted by atomic mass is 9.99. The van der Waals surface area contributed by atoms with E-state index in [0.717, 1.165) is 6.42 Å². The number of hydrogen-bond donors (Lipinski definition) is 2. The molecule has 0 aromatic heterocycles. The Bertz CT molecular complexity index is 462. The lowest BCUT2D eigenvalue weighted by Gasteiger charge is -2.17. The van der Waals surface area contributed by atoms with Crippen molar-refractivity contribution < 1.29 is 9.72 Å². The normalized spacial score (nSPS) is 13.6. The van der Waals surface area contributed by atoms with Crippen molar-refractivity contribution in [1.82, 2.24) is 5.32 Å². The summed E-state index contributed by atoms with van der Waals surface area (Å²) < 4.78 is 0. The van der Waals surface area contributed by atoms with E-state index in [4.69, 9.17) is 5.73 Å². The molecule has 19 heavy (non-hydrogen) atoms. The highest BCUT2D eigenvalue weighted by Crippen LogP contribution is 2.17. The zero-order valence-corrected chi connectivity index (χ0v) is 11.1. The van der Waals surface area contributed by atoms with Crippen molar-refractivity contribution in [3.05, 3.63) is 39.9 Å². The summed E-state index contributed by atoms with van der Waals surface area (Å²) in [6.45, 7) is 3.97. The molecule has 0 saturated carbocycles. The third-order valence-corrected chi connectivity index (χ3v) is 3.20. The smallest absolute Gasteiger partial charge is 0.274 e. The number of carbonyl (C=O) groups is 1. The fourth-order valence-corrected chi connectivity index (χ4v) is 1.65. The second-order valence-electron chi connectivity index (χ2n) is 4.51. The predicted molar refractivity (Wildman–Crippen MR) is 72.4 cm³/mol. The van der Waals surface area contributed by atoms with Crippen LogP contribution in [0.1, 0.15) is 25.8 Å². The molecule has 0 bridgehead atoms.